The molecule has 1 unspecified atom stereocenters. The van der Waals surface area contributed by atoms with Gasteiger partial charge in [0.1, 0.15) is 18.5 Å². The number of amides is 2. The summed E-state index contributed by atoms with van der Waals surface area (Å²) in [5.74, 6) is -1.10. The van der Waals surface area contributed by atoms with Gasteiger partial charge in [0.2, 0.25) is 0 Å². The van der Waals surface area contributed by atoms with Gasteiger partial charge in [-0.25, -0.2) is 0 Å². The molecule has 1 atom stereocenters. The molecule has 6 nitrogen and oxygen atoms in total. The largest absolute Gasteiger partial charge is 0.484 e. The summed E-state index contributed by atoms with van der Waals surface area (Å²) in [6.07, 6.45) is -5.89. The molecule has 1 aromatic rings. The van der Waals surface area contributed by atoms with Crippen molar-refractivity contribution in [1.82, 2.24) is 10.9 Å². The van der Waals surface area contributed by atoms with Gasteiger partial charge in [0.25, 0.3) is 11.8 Å². The third-order valence-corrected chi connectivity index (χ3v) is 2.58. The Balaban J connectivity index is 2.26. The van der Waals surface area contributed by atoms with Gasteiger partial charge < -0.3 is 9.47 Å². The molecule has 0 saturated heterocycles. The maximum Gasteiger partial charge on any atom is 0.411 e. The molecule has 128 valence electrons. The first-order chi connectivity index (χ1) is 10.7. The molecule has 1 rings (SSSR count). The van der Waals surface area contributed by atoms with Crippen molar-refractivity contribution in [1.29, 1.82) is 0 Å². The number of aryl methyl sites for hydroxylation is 1. The number of carbonyl (C=O) groups is 2. The lowest BCUT2D eigenvalue weighted by Gasteiger charge is -2.15. The fourth-order valence-electron chi connectivity index (χ4n) is 1.35. The minimum Gasteiger partial charge on any atom is -0.484 e. The van der Waals surface area contributed by atoms with Crippen LogP contribution in [-0.4, -0.2) is 37.3 Å². The minimum atomic E-state index is -4.53. The molecule has 0 aliphatic carbocycles. The highest BCUT2D eigenvalue weighted by atomic mass is 19.4. The van der Waals surface area contributed by atoms with E-state index in [-0.39, 0.29) is 6.61 Å². The maximum absolute atomic E-state index is 11.9. The number of carbonyl (C=O) groups excluding carboxylic acids is 2. The number of hydrazine groups is 1. The molecule has 0 radical (unpaired) electrons. The fraction of sp³-hybridized carbons (Fsp3) is 0.429. The number of benzene rings is 1. The van der Waals surface area contributed by atoms with Crippen LogP contribution < -0.4 is 15.6 Å². The average molecular weight is 334 g/mol. The van der Waals surface area contributed by atoms with E-state index in [4.69, 9.17) is 4.74 Å². The smallest absolute Gasteiger partial charge is 0.411 e. The molecule has 0 spiro atoms. The molecular weight excluding hydrogens is 317 g/mol. The summed E-state index contributed by atoms with van der Waals surface area (Å²) in [5, 5.41) is 0. The Morgan fingerprint density at radius 3 is 2.35 bits per heavy atom. The van der Waals surface area contributed by atoms with Crippen molar-refractivity contribution in [3.63, 3.8) is 0 Å². The van der Waals surface area contributed by atoms with E-state index in [2.05, 4.69) is 4.74 Å². The molecule has 0 aliphatic rings. The Bertz CT molecular complexity index is 532. The molecule has 23 heavy (non-hydrogen) atoms. The van der Waals surface area contributed by atoms with Gasteiger partial charge in [0.15, 0.2) is 6.61 Å². The van der Waals surface area contributed by atoms with Crippen LogP contribution in [0.25, 0.3) is 0 Å². The van der Waals surface area contributed by atoms with E-state index in [1.54, 1.807) is 24.3 Å². The van der Waals surface area contributed by atoms with Gasteiger partial charge in [-0.3, -0.25) is 20.4 Å². The summed E-state index contributed by atoms with van der Waals surface area (Å²) in [4.78, 5) is 22.9. The van der Waals surface area contributed by atoms with Gasteiger partial charge >= 0.3 is 6.18 Å². The first-order valence-electron chi connectivity index (χ1n) is 6.64. The lowest BCUT2D eigenvalue weighted by Crippen LogP contribution is -2.48. The number of alkyl halides is 3. The zero-order valence-electron chi connectivity index (χ0n) is 12.6. The second-order valence-electron chi connectivity index (χ2n) is 4.71. The van der Waals surface area contributed by atoms with E-state index in [0.717, 1.165) is 12.5 Å². The molecule has 0 heterocycles. The van der Waals surface area contributed by atoms with Crippen LogP contribution in [0.5, 0.6) is 5.75 Å². The lowest BCUT2D eigenvalue weighted by molar-refractivity contribution is -0.186. The summed E-state index contributed by atoms with van der Waals surface area (Å²) in [6, 6.07) is 6.95. The standard InChI is InChI=1S/C14H17F3N2O4/c1-9-3-5-11(6-4-9)22-7-12(20)18-19-13(21)10(2)23-8-14(15,16)17/h3-6,10H,7-8H2,1-2H3,(H,18,20)(H,19,21). The summed E-state index contributed by atoms with van der Waals surface area (Å²) in [7, 11) is 0. The number of halogens is 3. The van der Waals surface area contributed by atoms with Gasteiger partial charge in [0.05, 0.1) is 0 Å². The predicted octanol–water partition coefficient (Wildman–Crippen LogP) is 1.49. The van der Waals surface area contributed by atoms with Crippen molar-refractivity contribution < 1.29 is 32.2 Å². The highest BCUT2D eigenvalue weighted by Gasteiger charge is 2.29. The van der Waals surface area contributed by atoms with Gasteiger partial charge in [-0.05, 0) is 26.0 Å². The number of hydrogen-bond acceptors (Lipinski definition) is 4. The van der Waals surface area contributed by atoms with Crippen molar-refractivity contribution in [2.75, 3.05) is 13.2 Å². The van der Waals surface area contributed by atoms with Gasteiger partial charge in [-0.2, -0.15) is 13.2 Å². The molecular formula is C14H17F3N2O4. The summed E-state index contributed by atoms with van der Waals surface area (Å²) >= 11 is 0. The molecule has 2 amide bonds. The van der Waals surface area contributed by atoms with Gasteiger partial charge in [-0.1, -0.05) is 17.7 Å². The number of hydrogen-bond donors (Lipinski definition) is 2. The Kier molecular flexibility index (Phi) is 6.83. The average Bonchev–Trinajstić information content (AvgIpc) is 2.48. The number of ether oxygens (including phenoxy) is 2. The van der Waals surface area contributed by atoms with Crippen LogP contribution in [-0.2, 0) is 14.3 Å². The lowest BCUT2D eigenvalue weighted by atomic mass is 10.2. The monoisotopic (exact) mass is 334 g/mol. The number of rotatable bonds is 6. The zero-order valence-corrected chi connectivity index (χ0v) is 12.6. The minimum absolute atomic E-state index is 0.360. The zero-order chi connectivity index (χ0) is 17.5. The van der Waals surface area contributed by atoms with Crippen LogP contribution >= 0.6 is 0 Å². The Morgan fingerprint density at radius 2 is 1.78 bits per heavy atom. The highest BCUT2D eigenvalue weighted by Crippen LogP contribution is 2.15. The molecule has 0 aliphatic heterocycles. The van der Waals surface area contributed by atoms with E-state index < -0.39 is 30.7 Å². The van der Waals surface area contributed by atoms with Crippen LogP contribution in [0.4, 0.5) is 13.2 Å². The second-order valence-corrected chi connectivity index (χ2v) is 4.71. The Hall–Kier alpha value is -2.29. The van der Waals surface area contributed by atoms with Crippen LogP contribution in [0.1, 0.15) is 12.5 Å². The SMILES string of the molecule is Cc1ccc(OCC(=O)NNC(=O)C(C)OCC(F)(F)F)cc1. The van der Waals surface area contributed by atoms with Crippen molar-refractivity contribution in [3.8, 4) is 5.75 Å². The van der Waals surface area contributed by atoms with Crippen molar-refractivity contribution in [2.24, 2.45) is 0 Å². The molecule has 9 heteroatoms. The van der Waals surface area contributed by atoms with Gasteiger partial charge in [-0.15, -0.1) is 0 Å². The Morgan fingerprint density at radius 1 is 1.17 bits per heavy atom. The van der Waals surface area contributed by atoms with Crippen LogP contribution in [0.2, 0.25) is 0 Å². The Labute approximate surface area is 130 Å². The fourth-order valence-corrected chi connectivity index (χ4v) is 1.35. The van der Waals surface area contributed by atoms with E-state index in [9.17, 15) is 22.8 Å². The predicted molar refractivity (Wildman–Crippen MR) is 74.4 cm³/mol. The quantitative estimate of drug-likeness (QED) is 0.773. The first-order valence-corrected chi connectivity index (χ1v) is 6.64. The van der Waals surface area contributed by atoms with E-state index >= 15 is 0 Å². The second kappa shape index (κ2) is 8.37. The van der Waals surface area contributed by atoms with Crippen molar-refractivity contribution in [3.05, 3.63) is 29.8 Å². The molecule has 2 N–H and O–H groups in total. The maximum atomic E-state index is 11.9. The third-order valence-electron chi connectivity index (χ3n) is 2.58. The van der Waals surface area contributed by atoms with Crippen molar-refractivity contribution >= 4 is 11.8 Å². The highest BCUT2D eigenvalue weighted by molar-refractivity contribution is 5.84. The van der Waals surface area contributed by atoms with Crippen LogP contribution in [0.15, 0.2) is 24.3 Å². The van der Waals surface area contributed by atoms with E-state index in [1.807, 2.05) is 17.8 Å². The third kappa shape index (κ3) is 8.05. The van der Waals surface area contributed by atoms with Crippen LogP contribution in [0.3, 0.4) is 0 Å². The topological polar surface area (TPSA) is 76.7 Å². The summed E-state index contributed by atoms with van der Waals surface area (Å²) < 4.78 is 45.3. The normalized spacial score (nSPS) is 12.4. The van der Waals surface area contributed by atoms with Crippen molar-refractivity contribution in [2.45, 2.75) is 26.1 Å². The first kappa shape index (κ1) is 18.8. The molecule has 1 aromatic carbocycles. The molecule has 0 aromatic heterocycles. The summed E-state index contributed by atoms with van der Waals surface area (Å²) in [5.41, 5.74) is 5.00. The molecule has 0 saturated carbocycles. The molecule has 0 bridgehead atoms. The van der Waals surface area contributed by atoms with E-state index in [1.165, 1.54) is 0 Å². The van der Waals surface area contributed by atoms with E-state index in [0.29, 0.717) is 5.75 Å². The summed E-state index contributed by atoms with van der Waals surface area (Å²) in [6.45, 7) is 1.12. The molecule has 0 fully saturated rings. The number of nitrogens with one attached hydrogen (secondary N) is 2. The van der Waals surface area contributed by atoms with Crippen LogP contribution in [0, 0.1) is 6.92 Å². The van der Waals surface area contributed by atoms with Gasteiger partial charge in [0, 0.05) is 0 Å².